The highest BCUT2D eigenvalue weighted by molar-refractivity contribution is 6.18. The molecule has 0 aliphatic heterocycles. The van der Waals surface area contributed by atoms with Crippen molar-refractivity contribution in [2.24, 2.45) is 0 Å². The predicted molar refractivity (Wildman–Crippen MR) is 92.7 cm³/mol. The molecule has 1 aromatic rings. The van der Waals surface area contributed by atoms with E-state index in [-0.39, 0.29) is 12.2 Å². The van der Waals surface area contributed by atoms with Gasteiger partial charge in [-0.3, -0.25) is 0 Å². The van der Waals surface area contributed by atoms with E-state index in [9.17, 15) is 5.11 Å². The topological polar surface area (TPSA) is 51.8 Å². The molecule has 0 unspecified atom stereocenters. The summed E-state index contributed by atoms with van der Waals surface area (Å²) in [6.45, 7) is 0.291. The summed E-state index contributed by atoms with van der Waals surface area (Å²) in [7, 11) is 1.63. The molecule has 0 aliphatic carbocycles. The van der Waals surface area contributed by atoms with Crippen LogP contribution in [-0.4, -0.2) is 31.0 Å². The first kappa shape index (κ1) is 20.5. The van der Waals surface area contributed by atoms with Crippen LogP contribution in [0.4, 0.5) is 0 Å². The van der Waals surface area contributed by atoms with Crippen LogP contribution in [0.2, 0.25) is 0 Å². The number of aliphatic hydroxyl groups excluding tert-OH is 1. The molecule has 0 saturated carbocycles. The normalized spacial score (nSPS) is 14.0. The summed E-state index contributed by atoms with van der Waals surface area (Å²) < 4.78 is 16.1. The van der Waals surface area contributed by atoms with Crippen LogP contribution in [0.5, 0.6) is 0 Å². The van der Waals surface area contributed by atoms with Crippen LogP contribution in [-0.2, 0) is 9.47 Å². The smallest absolute Gasteiger partial charge is 0.147 e. The molecule has 0 aliphatic rings. The highest BCUT2D eigenvalue weighted by Gasteiger charge is 2.14. The number of hydrogen-bond acceptors (Lipinski definition) is 4. The van der Waals surface area contributed by atoms with Crippen molar-refractivity contribution in [1.82, 2.24) is 0 Å². The first-order valence-corrected chi connectivity index (χ1v) is 9.19. The minimum atomic E-state index is -0.331. The fraction of sp³-hybridized carbons (Fsp3) is 0.778. The molecular weight excluding hydrogens is 316 g/mol. The maximum Gasteiger partial charge on any atom is 0.147 e. The molecule has 134 valence electrons. The van der Waals surface area contributed by atoms with Crippen molar-refractivity contribution in [2.75, 3.05) is 19.8 Å². The maximum atomic E-state index is 9.36. The monoisotopic (exact) mass is 346 g/mol. The summed E-state index contributed by atoms with van der Waals surface area (Å²) in [4.78, 5) is 0. The van der Waals surface area contributed by atoms with Gasteiger partial charge < -0.3 is 19.0 Å². The fourth-order valence-electron chi connectivity index (χ4n) is 2.60. The van der Waals surface area contributed by atoms with Gasteiger partial charge >= 0.3 is 0 Å². The zero-order chi connectivity index (χ0) is 16.8. The molecule has 23 heavy (non-hydrogen) atoms. The number of furan rings is 1. The molecule has 5 heteroatoms. The van der Waals surface area contributed by atoms with Crippen LogP contribution in [0, 0.1) is 0 Å². The third-order valence-electron chi connectivity index (χ3n) is 3.93. The summed E-state index contributed by atoms with van der Waals surface area (Å²) in [5.41, 5.74) is 0. The van der Waals surface area contributed by atoms with E-state index in [1.165, 1.54) is 32.1 Å². The second-order valence-corrected chi connectivity index (χ2v) is 6.25. The zero-order valence-electron chi connectivity index (χ0n) is 14.2. The van der Waals surface area contributed by atoms with Crippen molar-refractivity contribution in [3.05, 3.63) is 24.2 Å². The molecule has 0 saturated heterocycles. The van der Waals surface area contributed by atoms with Gasteiger partial charge in [0.2, 0.25) is 0 Å². The summed E-state index contributed by atoms with van der Waals surface area (Å²) >= 11 is 5.57. The van der Waals surface area contributed by atoms with Gasteiger partial charge in [0.05, 0.1) is 12.4 Å². The predicted octanol–water partition coefficient (Wildman–Crippen LogP) is 5.05. The number of methoxy groups -OCH3 is 1. The van der Waals surface area contributed by atoms with Gasteiger partial charge in [0.1, 0.15) is 18.7 Å². The summed E-state index contributed by atoms with van der Waals surface area (Å²) in [6, 6.07) is 3.84. The van der Waals surface area contributed by atoms with Crippen LogP contribution in [0.25, 0.3) is 0 Å². The summed E-state index contributed by atoms with van der Waals surface area (Å²) in [5.74, 6) is 1.22. The van der Waals surface area contributed by atoms with Crippen LogP contribution >= 0.6 is 11.6 Å². The lowest BCUT2D eigenvalue weighted by Crippen LogP contribution is -2.07. The molecule has 1 aromatic heterocycles. The Labute approximate surface area is 145 Å². The molecule has 0 bridgehead atoms. The zero-order valence-corrected chi connectivity index (χ0v) is 15.0. The standard InChI is InChI=1S/C18H31ClO4/c1-21-15-23-18(17-12-9-13-22-17)11-8-6-4-2-3-5-7-10-16(20)14-19/h9,12-13,16,18,20H,2-8,10-11,14-15H2,1H3/t16-,18-/m0/s1. The SMILES string of the molecule is COCO[C@@H](CCCCCCCCC[C@H](O)CCl)c1ccco1. The number of alkyl halides is 1. The number of aliphatic hydroxyl groups is 1. The van der Waals surface area contributed by atoms with Gasteiger partial charge in [-0.05, 0) is 25.0 Å². The lowest BCUT2D eigenvalue weighted by Gasteiger charge is -2.15. The van der Waals surface area contributed by atoms with E-state index in [2.05, 4.69) is 0 Å². The summed E-state index contributed by atoms with van der Waals surface area (Å²) in [6.07, 6.45) is 11.4. The molecule has 2 atom stereocenters. The van der Waals surface area contributed by atoms with Gasteiger partial charge in [0.15, 0.2) is 0 Å². The van der Waals surface area contributed by atoms with Gasteiger partial charge in [0.25, 0.3) is 0 Å². The van der Waals surface area contributed by atoms with Gasteiger partial charge in [-0.25, -0.2) is 0 Å². The number of halogens is 1. The quantitative estimate of drug-likeness (QED) is 0.274. The molecule has 4 nitrogen and oxygen atoms in total. The number of hydrogen-bond donors (Lipinski definition) is 1. The molecule has 1 rings (SSSR count). The van der Waals surface area contributed by atoms with Crippen molar-refractivity contribution >= 4 is 11.6 Å². The minimum Gasteiger partial charge on any atom is -0.467 e. The van der Waals surface area contributed by atoms with E-state index in [1.54, 1.807) is 13.4 Å². The van der Waals surface area contributed by atoms with E-state index < -0.39 is 0 Å². The van der Waals surface area contributed by atoms with Crippen LogP contribution in [0.15, 0.2) is 22.8 Å². The lowest BCUT2D eigenvalue weighted by molar-refractivity contribution is -0.0829. The largest absolute Gasteiger partial charge is 0.467 e. The van der Waals surface area contributed by atoms with E-state index in [4.69, 9.17) is 25.5 Å². The van der Waals surface area contributed by atoms with E-state index in [0.29, 0.717) is 12.7 Å². The highest BCUT2D eigenvalue weighted by atomic mass is 35.5. The van der Waals surface area contributed by atoms with Gasteiger partial charge in [0, 0.05) is 13.0 Å². The van der Waals surface area contributed by atoms with Crippen LogP contribution in [0.1, 0.15) is 69.7 Å². The Bertz CT molecular complexity index is 356. The van der Waals surface area contributed by atoms with Crippen molar-refractivity contribution in [1.29, 1.82) is 0 Å². The third kappa shape index (κ3) is 10.0. The van der Waals surface area contributed by atoms with Crippen molar-refractivity contribution in [2.45, 2.75) is 70.0 Å². The average molecular weight is 347 g/mol. The van der Waals surface area contributed by atoms with Crippen molar-refractivity contribution < 1.29 is 19.0 Å². The average Bonchev–Trinajstić information content (AvgIpc) is 3.10. The number of unbranched alkanes of at least 4 members (excludes halogenated alkanes) is 6. The van der Waals surface area contributed by atoms with Crippen LogP contribution < -0.4 is 0 Å². The molecule has 1 heterocycles. The second-order valence-electron chi connectivity index (χ2n) is 5.94. The number of ether oxygens (including phenoxy) is 2. The second kappa shape index (κ2) is 13.8. The molecule has 0 aromatic carbocycles. The maximum absolute atomic E-state index is 9.36. The van der Waals surface area contributed by atoms with E-state index in [0.717, 1.165) is 31.4 Å². The molecular formula is C18H31ClO4. The third-order valence-corrected chi connectivity index (χ3v) is 4.29. The summed E-state index contributed by atoms with van der Waals surface area (Å²) in [5, 5.41) is 9.36. The molecule has 0 radical (unpaired) electrons. The first-order valence-electron chi connectivity index (χ1n) is 8.66. The fourth-order valence-corrected chi connectivity index (χ4v) is 2.76. The molecule has 0 spiro atoms. The Balaban J connectivity index is 2.01. The van der Waals surface area contributed by atoms with E-state index >= 15 is 0 Å². The van der Waals surface area contributed by atoms with Crippen molar-refractivity contribution in [3.63, 3.8) is 0 Å². The molecule has 1 N–H and O–H groups in total. The Morgan fingerprint density at radius 3 is 2.30 bits per heavy atom. The minimum absolute atomic E-state index is 0.0120. The van der Waals surface area contributed by atoms with Gasteiger partial charge in [-0.1, -0.05) is 44.9 Å². The van der Waals surface area contributed by atoms with E-state index in [1.807, 2.05) is 12.1 Å². The lowest BCUT2D eigenvalue weighted by atomic mass is 10.0. The van der Waals surface area contributed by atoms with Crippen LogP contribution in [0.3, 0.4) is 0 Å². The molecule has 0 fully saturated rings. The molecule has 0 amide bonds. The van der Waals surface area contributed by atoms with Gasteiger partial charge in [-0.2, -0.15) is 0 Å². The Hall–Kier alpha value is -0.550. The highest BCUT2D eigenvalue weighted by Crippen LogP contribution is 2.24. The Kier molecular flexibility index (Phi) is 12.3. The van der Waals surface area contributed by atoms with Crippen molar-refractivity contribution in [3.8, 4) is 0 Å². The Morgan fingerprint density at radius 2 is 1.74 bits per heavy atom. The van der Waals surface area contributed by atoms with Gasteiger partial charge in [-0.15, -0.1) is 11.6 Å². The Morgan fingerprint density at radius 1 is 1.09 bits per heavy atom. The first-order chi connectivity index (χ1) is 11.3. The number of rotatable bonds is 15.